The van der Waals surface area contributed by atoms with Gasteiger partial charge in [0, 0.05) is 43.7 Å². The second kappa shape index (κ2) is 24.2. The first-order valence-corrected chi connectivity index (χ1v) is 23.3. The number of unbranched alkanes of at least 4 members (excludes halogenated alkanes) is 5. The van der Waals surface area contributed by atoms with E-state index in [0.29, 0.717) is 61.6 Å². The molecule has 5 atom stereocenters. The van der Waals surface area contributed by atoms with Crippen LogP contribution in [0.2, 0.25) is 0 Å². The summed E-state index contributed by atoms with van der Waals surface area (Å²) in [6, 6.07) is 3.76. The van der Waals surface area contributed by atoms with Gasteiger partial charge >= 0.3 is 24.1 Å². The molecule has 3 saturated heterocycles. The molecule has 0 unspecified atom stereocenters. The van der Waals surface area contributed by atoms with Crippen molar-refractivity contribution in [3.05, 3.63) is 34.9 Å². The highest BCUT2D eigenvalue weighted by Crippen LogP contribution is 2.44. The van der Waals surface area contributed by atoms with E-state index in [-0.39, 0.29) is 61.5 Å². The summed E-state index contributed by atoms with van der Waals surface area (Å²) in [4.78, 5) is 105. The molecule has 0 aromatic heterocycles. The molecule has 1 aromatic carbocycles. The standard InChI is InChI=1S/C44H67N7O11S/c1-6-7-8-16-29(17-10-13-25-45-40(58)44(24-12-9-21-36(54)55)37-33(27-63-44)47-41(59)49-37)30-18-15-19-31(28(30)2)38(56)50-46-26-14-11-20-32(48-42(60)61-43(3,4)5)39(57)62-51-34(52)22-23-35(51)53/h15,18-19,29,32-33,37,46H,6-14,16-17,20-27H2,1-5H3,(H,45,58)(H,48,60)(H,50,56)(H,54,55)(H2,47,49,59)/t29-,32+,33+,37+,44+/m1/s1. The first-order chi connectivity index (χ1) is 30.0. The number of carbonyl (C=O) groups excluding carboxylic acids is 7. The Kier molecular flexibility index (Phi) is 19.5. The number of urea groups is 1. The Morgan fingerprint density at radius 2 is 1.60 bits per heavy atom. The van der Waals surface area contributed by atoms with Crippen molar-refractivity contribution in [2.75, 3.05) is 18.8 Å². The molecule has 3 aliphatic rings. The van der Waals surface area contributed by atoms with Crippen LogP contribution in [0.1, 0.15) is 158 Å². The predicted molar refractivity (Wildman–Crippen MR) is 235 cm³/mol. The van der Waals surface area contributed by atoms with Gasteiger partial charge in [-0.1, -0.05) is 51.2 Å². The minimum Gasteiger partial charge on any atom is -0.481 e. The zero-order valence-electron chi connectivity index (χ0n) is 37.4. The van der Waals surface area contributed by atoms with Gasteiger partial charge in [-0.05, 0) is 102 Å². The van der Waals surface area contributed by atoms with Crippen LogP contribution in [-0.4, -0.2) is 105 Å². The highest BCUT2D eigenvalue weighted by molar-refractivity contribution is 8.01. The molecule has 350 valence electrons. The van der Waals surface area contributed by atoms with Gasteiger partial charge < -0.3 is 35.9 Å². The van der Waals surface area contributed by atoms with Crippen LogP contribution in [0.4, 0.5) is 9.59 Å². The van der Waals surface area contributed by atoms with Gasteiger partial charge in [0.05, 0.1) is 12.1 Å². The first-order valence-electron chi connectivity index (χ1n) is 22.4. The fourth-order valence-electron chi connectivity index (χ4n) is 8.24. The van der Waals surface area contributed by atoms with Crippen molar-refractivity contribution in [1.82, 2.24) is 37.2 Å². The molecule has 3 fully saturated rings. The number of carboxylic acids is 1. The number of ether oxygens (including phenoxy) is 1. The number of amides is 7. The fourth-order valence-corrected chi connectivity index (χ4v) is 9.89. The molecule has 3 heterocycles. The van der Waals surface area contributed by atoms with Crippen molar-refractivity contribution in [3.63, 3.8) is 0 Å². The van der Waals surface area contributed by atoms with E-state index >= 15 is 0 Å². The molecule has 4 rings (SSSR count). The molecule has 1 aromatic rings. The molecule has 0 spiro atoms. The van der Waals surface area contributed by atoms with Crippen molar-refractivity contribution < 1.29 is 53.0 Å². The number of rotatable bonds is 26. The minimum absolute atomic E-state index is 0.0320. The Hall–Kier alpha value is -4.91. The number of nitrogens with zero attached hydrogens (tertiary/aromatic N) is 1. The highest BCUT2D eigenvalue weighted by atomic mass is 32.2. The van der Waals surface area contributed by atoms with Crippen molar-refractivity contribution in [2.24, 2.45) is 0 Å². The Labute approximate surface area is 374 Å². The van der Waals surface area contributed by atoms with E-state index in [1.54, 1.807) is 26.8 Å². The van der Waals surface area contributed by atoms with E-state index in [2.05, 4.69) is 45.1 Å². The second-order valence-electron chi connectivity index (χ2n) is 17.5. The number of hydroxylamine groups is 2. The Balaban J connectivity index is 1.28. The summed E-state index contributed by atoms with van der Waals surface area (Å²) in [7, 11) is 0. The van der Waals surface area contributed by atoms with E-state index in [4.69, 9.17) is 14.7 Å². The van der Waals surface area contributed by atoms with Crippen LogP contribution in [-0.2, 0) is 33.5 Å². The van der Waals surface area contributed by atoms with Crippen LogP contribution in [0.15, 0.2) is 18.2 Å². The maximum absolute atomic E-state index is 13.8. The van der Waals surface area contributed by atoms with E-state index in [1.165, 1.54) is 11.8 Å². The Bertz CT molecular complexity index is 1790. The lowest BCUT2D eigenvalue weighted by Crippen LogP contribution is -2.56. The number of alkyl carbamates (subject to hydrolysis) is 1. The second-order valence-corrected chi connectivity index (χ2v) is 18.9. The number of hydrogen-bond donors (Lipinski definition) is 7. The van der Waals surface area contributed by atoms with E-state index in [1.807, 2.05) is 13.0 Å². The highest BCUT2D eigenvalue weighted by Gasteiger charge is 2.57. The normalized spacial score (nSPS) is 20.3. The first kappa shape index (κ1) is 50.7. The van der Waals surface area contributed by atoms with Crippen LogP contribution in [0.5, 0.6) is 0 Å². The monoisotopic (exact) mass is 901 g/mol. The predicted octanol–water partition coefficient (Wildman–Crippen LogP) is 5.03. The molecule has 7 N–H and O–H groups in total. The van der Waals surface area contributed by atoms with Crippen molar-refractivity contribution >= 4 is 59.5 Å². The lowest BCUT2D eigenvalue weighted by atomic mass is 9.84. The summed E-state index contributed by atoms with van der Waals surface area (Å²) in [5.74, 6) is -2.72. The molecule has 18 nitrogen and oxygen atoms in total. The zero-order valence-corrected chi connectivity index (χ0v) is 38.2. The third-order valence-electron chi connectivity index (χ3n) is 11.5. The van der Waals surface area contributed by atoms with Gasteiger partial charge in [-0.25, -0.2) is 19.8 Å². The largest absolute Gasteiger partial charge is 0.481 e. The summed E-state index contributed by atoms with van der Waals surface area (Å²) < 4.78 is 4.42. The molecular formula is C44H67N7O11S. The molecule has 19 heteroatoms. The fraction of sp³-hybridized carbons (Fsp3) is 0.682. The smallest absolute Gasteiger partial charge is 0.408 e. The van der Waals surface area contributed by atoms with Gasteiger partial charge in [-0.15, -0.1) is 16.8 Å². The van der Waals surface area contributed by atoms with Gasteiger partial charge in [-0.3, -0.25) is 29.4 Å². The maximum Gasteiger partial charge on any atom is 0.408 e. The van der Waals surface area contributed by atoms with E-state index in [0.717, 1.165) is 56.1 Å². The van der Waals surface area contributed by atoms with E-state index in [9.17, 15) is 38.4 Å². The van der Waals surface area contributed by atoms with Crippen LogP contribution in [0.3, 0.4) is 0 Å². The topological polar surface area (TPSA) is 251 Å². The number of nitrogens with one attached hydrogen (secondary N) is 6. The van der Waals surface area contributed by atoms with E-state index < -0.39 is 46.2 Å². The zero-order chi connectivity index (χ0) is 46.2. The summed E-state index contributed by atoms with van der Waals surface area (Å²) >= 11 is 1.53. The minimum atomic E-state index is -1.19. The molecule has 7 amide bonds. The molecule has 0 bridgehead atoms. The van der Waals surface area contributed by atoms with Gasteiger partial charge in [0.2, 0.25) is 5.91 Å². The third kappa shape index (κ3) is 15.1. The van der Waals surface area contributed by atoms with Gasteiger partial charge in [0.1, 0.15) is 16.4 Å². The number of fused-ring (bicyclic) bond motifs is 1. The van der Waals surface area contributed by atoms with Gasteiger partial charge in [0.15, 0.2) is 0 Å². The number of hydrazine groups is 1. The molecule has 3 aliphatic heterocycles. The number of hydrogen-bond acceptors (Lipinski definition) is 12. The van der Waals surface area contributed by atoms with Crippen LogP contribution < -0.4 is 32.1 Å². The summed E-state index contributed by atoms with van der Waals surface area (Å²) in [5, 5.41) is 21.0. The van der Waals surface area contributed by atoms with Gasteiger partial charge in [-0.2, -0.15) is 0 Å². The summed E-state index contributed by atoms with van der Waals surface area (Å²) in [5.41, 5.74) is 7.43. The average Bonchev–Trinajstić information content (AvgIpc) is 3.87. The van der Waals surface area contributed by atoms with Crippen LogP contribution >= 0.6 is 11.8 Å². The van der Waals surface area contributed by atoms with Crippen molar-refractivity contribution in [1.29, 1.82) is 0 Å². The molecule has 0 radical (unpaired) electrons. The lowest BCUT2D eigenvalue weighted by molar-refractivity contribution is -0.199. The number of aliphatic carboxylic acids is 1. The Morgan fingerprint density at radius 1 is 0.921 bits per heavy atom. The lowest BCUT2D eigenvalue weighted by Gasteiger charge is -2.32. The molecular weight excluding hydrogens is 835 g/mol. The number of carbonyl (C=O) groups is 8. The number of carboxylic acid groups (broad SMARTS) is 1. The molecule has 0 aliphatic carbocycles. The van der Waals surface area contributed by atoms with Crippen LogP contribution in [0.25, 0.3) is 0 Å². The summed E-state index contributed by atoms with van der Waals surface area (Å²) in [6.45, 7) is 9.95. The quantitative estimate of drug-likeness (QED) is 0.0279. The van der Waals surface area contributed by atoms with Crippen LogP contribution in [0, 0.1) is 6.92 Å². The van der Waals surface area contributed by atoms with Gasteiger partial charge in [0.25, 0.3) is 17.7 Å². The third-order valence-corrected chi connectivity index (χ3v) is 13.2. The Morgan fingerprint density at radius 3 is 2.29 bits per heavy atom. The number of benzene rings is 1. The number of thioether (sulfide) groups is 1. The average molecular weight is 902 g/mol. The summed E-state index contributed by atoms with van der Waals surface area (Å²) in [6.07, 6.45) is 8.17. The number of imide groups is 1. The van der Waals surface area contributed by atoms with Crippen molar-refractivity contribution in [2.45, 2.75) is 172 Å². The van der Waals surface area contributed by atoms with Crippen molar-refractivity contribution in [3.8, 4) is 0 Å². The SMILES string of the molecule is CCCCC[C@H](CCCCNC(=O)[C@@]1(CCCCC(=O)O)SC[C@@H]2NC(=O)N[C@@H]21)c1cccc(C(=O)NNCCCC[C@H](NC(=O)OC(C)(C)C)C(=O)ON2C(=O)CCC2=O)c1C. The molecule has 0 saturated carbocycles. The molecule has 63 heavy (non-hydrogen) atoms. The maximum atomic E-state index is 13.8.